The molecule has 1 atom stereocenters. The summed E-state index contributed by atoms with van der Waals surface area (Å²) in [5.41, 5.74) is 0.298. The molecule has 122 valence electrons. The Balaban J connectivity index is 1.69. The molecule has 1 aromatic heterocycles. The molecule has 22 heavy (non-hydrogen) atoms. The van der Waals surface area contributed by atoms with Crippen molar-refractivity contribution in [2.45, 2.75) is 46.1 Å². The van der Waals surface area contributed by atoms with Crippen molar-refractivity contribution in [1.29, 1.82) is 0 Å². The lowest BCUT2D eigenvalue weighted by Crippen LogP contribution is -2.33. The average molecular weight is 307 g/mol. The van der Waals surface area contributed by atoms with Crippen LogP contribution in [0.3, 0.4) is 0 Å². The molecule has 0 bridgehead atoms. The highest BCUT2D eigenvalue weighted by Crippen LogP contribution is 2.32. The number of hydrogen-bond acceptors (Lipinski definition) is 4. The number of amides is 1. The Morgan fingerprint density at radius 1 is 1.50 bits per heavy atom. The van der Waals surface area contributed by atoms with E-state index in [9.17, 15) is 9.59 Å². The van der Waals surface area contributed by atoms with Gasteiger partial charge in [-0.1, -0.05) is 26.2 Å². The summed E-state index contributed by atoms with van der Waals surface area (Å²) in [6.07, 6.45) is 6.54. The molecule has 1 amide bonds. The second-order valence-electron chi connectivity index (χ2n) is 5.91. The third kappa shape index (κ3) is 4.58. The van der Waals surface area contributed by atoms with Crippen LogP contribution in [0.1, 0.15) is 50.0 Å². The van der Waals surface area contributed by atoms with E-state index in [0.29, 0.717) is 25.4 Å². The van der Waals surface area contributed by atoms with E-state index >= 15 is 0 Å². The van der Waals surface area contributed by atoms with Gasteiger partial charge in [-0.15, -0.1) is 0 Å². The number of nitrogens with zero attached hydrogens (tertiary/aromatic N) is 2. The molecule has 1 N–H and O–H groups in total. The fraction of sp³-hybridized carbons (Fsp3) is 0.688. The van der Waals surface area contributed by atoms with Crippen molar-refractivity contribution in [2.24, 2.45) is 11.8 Å². The number of aromatic nitrogens is 2. The van der Waals surface area contributed by atoms with Gasteiger partial charge in [-0.2, -0.15) is 5.10 Å². The molecular formula is C16H25N3O3. The van der Waals surface area contributed by atoms with E-state index < -0.39 is 5.97 Å². The average Bonchev–Trinajstić information content (AvgIpc) is 2.91. The van der Waals surface area contributed by atoms with Crippen molar-refractivity contribution in [3.63, 3.8) is 0 Å². The fourth-order valence-corrected chi connectivity index (χ4v) is 2.60. The predicted octanol–water partition coefficient (Wildman–Crippen LogP) is 2.00. The van der Waals surface area contributed by atoms with Gasteiger partial charge < -0.3 is 10.1 Å². The van der Waals surface area contributed by atoms with Crippen molar-refractivity contribution >= 4 is 11.9 Å². The van der Waals surface area contributed by atoms with Crippen molar-refractivity contribution < 1.29 is 14.3 Å². The summed E-state index contributed by atoms with van der Waals surface area (Å²) >= 11 is 0. The third-order valence-electron chi connectivity index (χ3n) is 4.12. The Labute approximate surface area is 131 Å². The standard InChI is InChI=1S/C16H25N3O3/c1-3-22-16(21)14-7-9-19(18-14)10-8-17-15(20)12(2)11-13-5-4-6-13/h7,9,12-13H,3-6,8,10-11H2,1-2H3,(H,17,20). The maximum atomic E-state index is 12.0. The van der Waals surface area contributed by atoms with Crippen molar-refractivity contribution in [3.8, 4) is 0 Å². The molecule has 6 heteroatoms. The van der Waals surface area contributed by atoms with Gasteiger partial charge in [0.05, 0.1) is 13.2 Å². The van der Waals surface area contributed by atoms with Crippen LogP contribution in [0.5, 0.6) is 0 Å². The summed E-state index contributed by atoms with van der Waals surface area (Å²) in [7, 11) is 0. The van der Waals surface area contributed by atoms with E-state index in [1.165, 1.54) is 19.3 Å². The first-order valence-corrected chi connectivity index (χ1v) is 8.08. The summed E-state index contributed by atoms with van der Waals surface area (Å²) < 4.78 is 6.53. The minimum atomic E-state index is -0.417. The van der Waals surface area contributed by atoms with Gasteiger partial charge in [-0.25, -0.2) is 4.79 Å². The van der Waals surface area contributed by atoms with Crippen LogP contribution in [0.4, 0.5) is 0 Å². The first-order valence-electron chi connectivity index (χ1n) is 8.08. The minimum Gasteiger partial charge on any atom is -0.461 e. The van der Waals surface area contributed by atoms with E-state index in [1.807, 2.05) is 6.92 Å². The molecule has 1 heterocycles. The highest BCUT2D eigenvalue weighted by molar-refractivity contribution is 5.87. The molecule has 0 saturated heterocycles. The largest absolute Gasteiger partial charge is 0.461 e. The smallest absolute Gasteiger partial charge is 0.358 e. The highest BCUT2D eigenvalue weighted by Gasteiger charge is 2.23. The molecule has 6 nitrogen and oxygen atoms in total. The molecule has 1 saturated carbocycles. The van der Waals surface area contributed by atoms with E-state index in [1.54, 1.807) is 23.9 Å². The van der Waals surface area contributed by atoms with Gasteiger partial charge >= 0.3 is 5.97 Å². The lowest BCUT2D eigenvalue weighted by molar-refractivity contribution is -0.125. The quantitative estimate of drug-likeness (QED) is 0.746. The van der Waals surface area contributed by atoms with Crippen LogP contribution in [-0.2, 0) is 16.1 Å². The van der Waals surface area contributed by atoms with Crippen LogP contribution in [0.2, 0.25) is 0 Å². The zero-order valence-corrected chi connectivity index (χ0v) is 13.4. The Bertz CT molecular complexity index is 508. The van der Waals surface area contributed by atoms with Crippen LogP contribution < -0.4 is 5.32 Å². The van der Waals surface area contributed by atoms with Gasteiger partial charge in [0.15, 0.2) is 5.69 Å². The zero-order chi connectivity index (χ0) is 15.9. The monoisotopic (exact) mass is 307 g/mol. The van der Waals surface area contributed by atoms with E-state index in [-0.39, 0.29) is 11.8 Å². The Kier molecular flexibility index (Phi) is 5.98. The number of ether oxygens (including phenoxy) is 1. The molecule has 0 radical (unpaired) electrons. The molecule has 1 aliphatic rings. The van der Waals surface area contributed by atoms with Gasteiger partial charge in [-0.05, 0) is 25.3 Å². The lowest BCUT2D eigenvalue weighted by atomic mass is 9.79. The predicted molar refractivity (Wildman–Crippen MR) is 82.3 cm³/mol. The third-order valence-corrected chi connectivity index (χ3v) is 4.12. The number of carbonyl (C=O) groups is 2. The molecule has 0 spiro atoms. The molecule has 1 unspecified atom stereocenters. The molecule has 0 aromatic carbocycles. The Morgan fingerprint density at radius 2 is 2.27 bits per heavy atom. The second-order valence-corrected chi connectivity index (χ2v) is 5.91. The van der Waals surface area contributed by atoms with Gasteiger partial charge in [0.1, 0.15) is 0 Å². The number of esters is 1. The topological polar surface area (TPSA) is 73.2 Å². The minimum absolute atomic E-state index is 0.0676. The van der Waals surface area contributed by atoms with Gasteiger partial charge in [0.25, 0.3) is 0 Å². The SMILES string of the molecule is CCOC(=O)c1ccn(CCNC(=O)C(C)CC2CCC2)n1. The number of rotatable bonds is 8. The summed E-state index contributed by atoms with van der Waals surface area (Å²) in [6, 6.07) is 1.62. The first kappa shape index (κ1) is 16.5. The molecule has 1 aromatic rings. The zero-order valence-electron chi connectivity index (χ0n) is 13.4. The van der Waals surface area contributed by atoms with Gasteiger partial charge in [0, 0.05) is 18.7 Å². The van der Waals surface area contributed by atoms with E-state index in [2.05, 4.69) is 10.4 Å². The summed E-state index contributed by atoms with van der Waals surface area (Å²) in [6.45, 7) is 5.13. The lowest BCUT2D eigenvalue weighted by Gasteiger charge is -2.27. The second kappa shape index (κ2) is 7.96. The normalized spacial score (nSPS) is 15.9. The van der Waals surface area contributed by atoms with Crippen molar-refractivity contribution in [1.82, 2.24) is 15.1 Å². The number of nitrogens with one attached hydrogen (secondary N) is 1. The summed E-state index contributed by atoms with van der Waals surface area (Å²) in [4.78, 5) is 23.5. The van der Waals surface area contributed by atoms with Gasteiger partial charge in [0.2, 0.25) is 5.91 Å². The van der Waals surface area contributed by atoms with Crippen LogP contribution in [0, 0.1) is 11.8 Å². The number of carbonyl (C=O) groups excluding carboxylic acids is 2. The number of hydrogen-bond donors (Lipinski definition) is 1. The fourth-order valence-electron chi connectivity index (χ4n) is 2.60. The maximum absolute atomic E-state index is 12.0. The summed E-state index contributed by atoms with van der Waals surface area (Å²) in [5, 5.41) is 7.06. The van der Waals surface area contributed by atoms with E-state index in [0.717, 1.165) is 12.3 Å². The molecule has 2 rings (SSSR count). The first-order chi connectivity index (χ1) is 10.6. The van der Waals surface area contributed by atoms with Crippen LogP contribution in [-0.4, -0.2) is 34.8 Å². The van der Waals surface area contributed by atoms with Crippen LogP contribution in [0.25, 0.3) is 0 Å². The molecule has 1 fully saturated rings. The van der Waals surface area contributed by atoms with Crippen molar-refractivity contribution in [3.05, 3.63) is 18.0 Å². The summed E-state index contributed by atoms with van der Waals surface area (Å²) in [5.74, 6) is 0.487. The Hall–Kier alpha value is -1.85. The molecule has 1 aliphatic carbocycles. The van der Waals surface area contributed by atoms with Crippen molar-refractivity contribution in [2.75, 3.05) is 13.2 Å². The highest BCUT2D eigenvalue weighted by atomic mass is 16.5. The Morgan fingerprint density at radius 3 is 2.91 bits per heavy atom. The molecular weight excluding hydrogens is 282 g/mol. The maximum Gasteiger partial charge on any atom is 0.358 e. The molecule has 0 aliphatic heterocycles. The van der Waals surface area contributed by atoms with Crippen LogP contribution >= 0.6 is 0 Å². The van der Waals surface area contributed by atoms with Gasteiger partial charge in [-0.3, -0.25) is 9.48 Å². The van der Waals surface area contributed by atoms with Crippen LogP contribution in [0.15, 0.2) is 12.3 Å². The van der Waals surface area contributed by atoms with E-state index in [4.69, 9.17) is 4.74 Å².